The number of aromatic nitrogens is 1. The summed E-state index contributed by atoms with van der Waals surface area (Å²) >= 11 is 0. The maximum Gasteiger partial charge on any atom is 0.308 e. The van der Waals surface area contributed by atoms with Crippen LogP contribution in [0.25, 0.3) is 0 Å². The van der Waals surface area contributed by atoms with Gasteiger partial charge in [-0.2, -0.15) is 0 Å². The first kappa shape index (κ1) is 15.7. The Labute approximate surface area is 129 Å². The third kappa shape index (κ3) is 4.15. The van der Waals surface area contributed by atoms with Crippen LogP contribution in [0, 0.1) is 5.92 Å². The second-order valence-corrected chi connectivity index (χ2v) is 5.15. The summed E-state index contributed by atoms with van der Waals surface area (Å²) in [5.74, 6) is -1.74. The van der Waals surface area contributed by atoms with E-state index in [-0.39, 0.29) is 12.5 Å². The number of nitrogens with zero attached hydrogens (tertiary/aromatic N) is 2. The topological polar surface area (TPSA) is 70.5 Å². The fourth-order valence-corrected chi connectivity index (χ4v) is 2.11. The van der Waals surface area contributed by atoms with Gasteiger partial charge in [0.15, 0.2) is 0 Å². The molecule has 0 saturated heterocycles. The van der Waals surface area contributed by atoms with Crippen molar-refractivity contribution in [2.45, 2.75) is 13.5 Å². The first-order valence-electron chi connectivity index (χ1n) is 7.04. The van der Waals surface area contributed by atoms with Crippen molar-refractivity contribution in [1.82, 2.24) is 9.88 Å². The van der Waals surface area contributed by atoms with Crippen LogP contribution in [0.1, 0.15) is 22.8 Å². The Hall–Kier alpha value is -2.69. The van der Waals surface area contributed by atoms with Crippen LogP contribution in [0.4, 0.5) is 0 Å². The second kappa shape index (κ2) is 7.36. The quantitative estimate of drug-likeness (QED) is 0.889. The van der Waals surface area contributed by atoms with Crippen molar-refractivity contribution in [3.05, 3.63) is 66.0 Å². The van der Waals surface area contributed by atoms with Gasteiger partial charge in [0.05, 0.1) is 5.92 Å². The Kier molecular flexibility index (Phi) is 5.25. The van der Waals surface area contributed by atoms with E-state index in [2.05, 4.69) is 4.98 Å². The van der Waals surface area contributed by atoms with Gasteiger partial charge < -0.3 is 10.0 Å². The number of carbonyl (C=O) groups is 2. The van der Waals surface area contributed by atoms with Crippen LogP contribution >= 0.6 is 0 Å². The molecule has 0 radical (unpaired) electrons. The first-order valence-corrected chi connectivity index (χ1v) is 7.04. The van der Waals surface area contributed by atoms with Gasteiger partial charge in [0, 0.05) is 31.0 Å². The summed E-state index contributed by atoms with van der Waals surface area (Å²) in [6.07, 6.45) is 3.10. The number of hydrogen-bond acceptors (Lipinski definition) is 3. The minimum Gasteiger partial charge on any atom is -0.481 e. The standard InChI is InChI=1S/C17H18N2O3/c1-13(17(21)22)11-19(12-14-5-3-2-4-6-14)16(20)15-7-9-18-10-8-15/h2-10,13H,11-12H2,1H3,(H,21,22). The van der Waals surface area contributed by atoms with Crippen molar-refractivity contribution in [3.63, 3.8) is 0 Å². The lowest BCUT2D eigenvalue weighted by atomic mass is 10.1. The van der Waals surface area contributed by atoms with Crippen LogP contribution in [0.2, 0.25) is 0 Å². The van der Waals surface area contributed by atoms with Crippen molar-refractivity contribution in [2.24, 2.45) is 5.92 Å². The van der Waals surface area contributed by atoms with Crippen LogP contribution in [-0.4, -0.2) is 33.4 Å². The lowest BCUT2D eigenvalue weighted by Crippen LogP contribution is -2.36. The van der Waals surface area contributed by atoms with Gasteiger partial charge in [0.25, 0.3) is 5.91 Å². The van der Waals surface area contributed by atoms with E-state index in [9.17, 15) is 9.59 Å². The summed E-state index contributed by atoms with van der Waals surface area (Å²) in [4.78, 5) is 29.2. The maximum atomic E-state index is 12.6. The molecule has 0 saturated carbocycles. The number of aliphatic carboxylic acids is 1. The molecule has 22 heavy (non-hydrogen) atoms. The summed E-state index contributed by atoms with van der Waals surface area (Å²) in [6, 6.07) is 12.8. The summed E-state index contributed by atoms with van der Waals surface area (Å²) in [6.45, 7) is 2.13. The molecule has 0 aliphatic rings. The molecule has 5 heteroatoms. The van der Waals surface area contributed by atoms with E-state index in [4.69, 9.17) is 5.11 Å². The number of carbonyl (C=O) groups excluding carboxylic acids is 1. The van der Waals surface area contributed by atoms with Gasteiger partial charge >= 0.3 is 5.97 Å². The summed E-state index contributed by atoms with van der Waals surface area (Å²) in [5.41, 5.74) is 1.46. The minimum atomic E-state index is -0.916. The third-order valence-electron chi connectivity index (χ3n) is 3.35. The van der Waals surface area contributed by atoms with E-state index in [1.54, 1.807) is 36.4 Å². The highest BCUT2D eigenvalue weighted by Crippen LogP contribution is 2.12. The highest BCUT2D eigenvalue weighted by Gasteiger charge is 2.21. The number of amides is 1. The Bertz CT molecular complexity index is 629. The maximum absolute atomic E-state index is 12.6. The second-order valence-electron chi connectivity index (χ2n) is 5.15. The summed E-state index contributed by atoms with van der Waals surface area (Å²) in [7, 11) is 0. The molecule has 0 bridgehead atoms. The predicted octanol–water partition coefficient (Wildman–Crippen LogP) is 2.44. The molecular formula is C17H18N2O3. The van der Waals surface area contributed by atoms with Gasteiger partial charge in [-0.05, 0) is 17.7 Å². The Morgan fingerprint density at radius 2 is 1.77 bits per heavy atom. The monoisotopic (exact) mass is 298 g/mol. The predicted molar refractivity (Wildman–Crippen MR) is 82.2 cm³/mol. The number of carboxylic acid groups (broad SMARTS) is 1. The number of rotatable bonds is 6. The van der Waals surface area contributed by atoms with Crippen LogP contribution in [0.5, 0.6) is 0 Å². The normalized spacial score (nSPS) is 11.7. The lowest BCUT2D eigenvalue weighted by molar-refractivity contribution is -0.141. The summed E-state index contributed by atoms with van der Waals surface area (Å²) < 4.78 is 0. The van der Waals surface area contributed by atoms with E-state index < -0.39 is 11.9 Å². The molecule has 1 heterocycles. The van der Waals surface area contributed by atoms with E-state index in [1.165, 1.54) is 0 Å². The Morgan fingerprint density at radius 1 is 1.14 bits per heavy atom. The molecule has 1 atom stereocenters. The van der Waals surface area contributed by atoms with Crippen molar-refractivity contribution in [3.8, 4) is 0 Å². The lowest BCUT2D eigenvalue weighted by Gasteiger charge is -2.24. The highest BCUT2D eigenvalue weighted by atomic mass is 16.4. The first-order chi connectivity index (χ1) is 10.6. The van der Waals surface area contributed by atoms with Crippen LogP contribution in [-0.2, 0) is 11.3 Å². The van der Waals surface area contributed by atoms with Gasteiger partial charge in [0.1, 0.15) is 0 Å². The molecule has 5 nitrogen and oxygen atoms in total. The molecule has 0 aliphatic heterocycles. The zero-order valence-corrected chi connectivity index (χ0v) is 12.3. The molecule has 1 aromatic heterocycles. The molecular weight excluding hydrogens is 280 g/mol. The van der Waals surface area contributed by atoms with Gasteiger partial charge in [-0.1, -0.05) is 37.3 Å². The molecule has 114 valence electrons. The number of carboxylic acids is 1. The summed E-state index contributed by atoms with van der Waals surface area (Å²) in [5, 5.41) is 9.10. The van der Waals surface area contributed by atoms with Crippen molar-refractivity contribution >= 4 is 11.9 Å². The minimum absolute atomic E-state index is 0.158. The zero-order valence-electron chi connectivity index (χ0n) is 12.3. The molecule has 2 aromatic rings. The molecule has 0 spiro atoms. The van der Waals surface area contributed by atoms with Crippen molar-refractivity contribution in [1.29, 1.82) is 0 Å². The number of hydrogen-bond donors (Lipinski definition) is 1. The van der Waals surface area contributed by atoms with E-state index in [1.807, 2.05) is 30.3 Å². The van der Waals surface area contributed by atoms with E-state index in [0.717, 1.165) is 5.56 Å². The van der Waals surface area contributed by atoms with Crippen LogP contribution in [0.15, 0.2) is 54.9 Å². The molecule has 0 aliphatic carbocycles. The number of benzene rings is 1. The fourth-order valence-electron chi connectivity index (χ4n) is 2.11. The largest absolute Gasteiger partial charge is 0.481 e. The molecule has 2 rings (SSSR count). The van der Waals surface area contributed by atoms with Crippen LogP contribution < -0.4 is 0 Å². The third-order valence-corrected chi connectivity index (χ3v) is 3.35. The fraction of sp³-hybridized carbons (Fsp3) is 0.235. The molecule has 1 N–H and O–H groups in total. The van der Waals surface area contributed by atoms with Crippen LogP contribution in [0.3, 0.4) is 0 Å². The number of pyridine rings is 1. The van der Waals surface area contributed by atoms with E-state index in [0.29, 0.717) is 12.1 Å². The SMILES string of the molecule is CC(CN(Cc1ccccc1)C(=O)c1ccncc1)C(=O)O. The zero-order chi connectivity index (χ0) is 15.9. The van der Waals surface area contributed by atoms with Gasteiger partial charge in [-0.15, -0.1) is 0 Å². The van der Waals surface area contributed by atoms with Gasteiger partial charge in [-0.25, -0.2) is 0 Å². The molecule has 1 amide bonds. The Balaban J connectivity index is 2.21. The molecule has 1 aromatic carbocycles. The van der Waals surface area contributed by atoms with E-state index >= 15 is 0 Å². The molecule has 1 unspecified atom stereocenters. The van der Waals surface area contributed by atoms with Crippen molar-refractivity contribution in [2.75, 3.05) is 6.54 Å². The smallest absolute Gasteiger partial charge is 0.308 e. The average molecular weight is 298 g/mol. The molecule has 0 fully saturated rings. The van der Waals surface area contributed by atoms with Gasteiger partial charge in [-0.3, -0.25) is 14.6 Å². The Morgan fingerprint density at radius 3 is 2.36 bits per heavy atom. The average Bonchev–Trinajstić information content (AvgIpc) is 2.55. The van der Waals surface area contributed by atoms with Gasteiger partial charge in [0.2, 0.25) is 0 Å². The highest BCUT2D eigenvalue weighted by molar-refractivity contribution is 5.94. The van der Waals surface area contributed by atoms with Crippen molar-refractivity contribution < 1.29 is 14.7 Å².